The summed E-state index contributed by atoms with van der Waals surface area (Å²) >= 11 is 0. The second kappa shape index (κ2) is 6.06. The summed E-state index contributed by atoms with van der Waals surface area (Å²) < 4.78 is 0. The van der Waals surface area contributed by atoms with Crippen molar-refractivity contribution in [1.29, 1.82) is 0 Å². The summed E-state index contributed by atoms with van der Waals surface area (Å²) in [7, 11) is 0. The Labute approximate surface area is 117 Å². The number of nitrogens with zero attached hydrogens (tertiary/aromatic N) is 1. The van der Waals surface area contributed by atoms with Crippen LogP contribution in [0.3, 0.4) is 0 Å². The lowest BCUT2D eigenvalue weighted by Crippen LogP contribution is -2.04. The Bertz CT molecular complexity index is 609. The molecule has 0 aliphatic carbocycles. The zero-order valence-electron chi connectivity index (χ0n) is 11.3. The summed E-state index contributed by atoms with van der Waals surface area (Å²) in [5.74, 6) is 0. The number of nitrogens with one attached hydrogen (secondary N) is 1. The van der Waals surface area contributed by atoms with E-state index in [1.807, 2.05) is 12.1 Å². The van der Waals surface area contributed by atoms with Crippen LogP contribution in [0.15, 0.2) is 42.5 Å². The number of nitrogen functional groups attached to an aromatic ring is 1. The van der Waals surface area contributed by atoms with E-state index >= 15 is 0 Å². The molecule has 2 aromatic carbocycles. The summed E-state index contributed by atoms with van der Waals surface area (Å²) in [6.45, 7) is 2.62. The van der Waals surface area contributed by atoms with Crippen LogP contribution in [0.25, 0.3) is 0 Å². The minimum absolute atomic E-state index is 0.0716. The molecule has 0 saturated heterocycles. The summed E-state index contributed by atoms with van der Waals surface area (Å²) in [5.41, 5.74) is 8.52. The fraction of sp³-hybridized carbons (Fsp3) is 0.200. The molecular formula is C15H17N3O2. The van der Waals surface area contributed by atoms with Crippen molar-refractivity contribution < 1.29 is 4.92 Å². The molecule has 0 aliphatic heterocycles. The van der Waals surface area contributed by atoms with E-state index in [0.29, 0.717) is 12.2 Å². The van der Waals surface area contributed by atoms with Gasteiger partial charge in [-0.25, -0.2) is 0 Å². The van der Waals surface area contributed by atoms with Crippen molar-refractivity contribution in [2.45, 2.75) is 19.9 Å². The van der Waals surface area contributed by atoms with Gasteiger partial charge in [-0.05, 0) is 29.7 Å². The van der Waals surface area contributed by atoms with Crippen LogP contribution < -0.4 is 11.1 Å². The van der Waals surface area contributed by atoms with Gasteiger partial charge in [0.15, 0.2) is 0 Å². The van der Waals surface area contributed by atoms with Crippen molar-refractivity contribution in [3.05, 3.63) is 63.7 Å². The Kier molecular flexibility index (Phi) is 4.20. The van der Waals surface area contributed by atoms with E-state index in [1.54, 1.807) is 12.1 Å². The molecule has 0 aliphatic rings. The largest absolute Gasteiger partial charge is 0.393 e. The van der Waals surface area contributed by atoms with E-state index in [2.05, 4.69) is 24.4 Å². The molecule has 0 spiro atoms. The fourth-order valence-electron chi connectivity index (χ4n) is 2.00. The first-order valence-corrected chi connectivity index (χ1v) is 6.46. The summed E-state index contributed by atoms with van der Waals surface area (Å²) in [4.78, 5) is 10.6. The van der Waals surface area contributed by atoms with Gasteiger partial charge in [0.05, 0.1) is 4.92 Å². The molecular weight excluding hydrogens is 254 g/mol. The summed E-state index contributed by atoms with van der Waals surface area (Å²) in [6, 6.07) is 13.0. The highest BCUT2D eigenvalue weighted by Crippen LogP contribution is 2.30. The van der Waals surface area contributed by atoms with E-state index < -0.39 is 4.92 Å². The smallest absolute Gasteiger partial charge is 0.314 e. The van der Waals surface area contributed by atoms with Crippen LogP contribution in [-0.4, -0.2) is 4.92 Å². The fourth-order valence-corrected chi connectivity index (χ4v) is 2.00. The molecule has 0 aromatic heterocycles. The second-order valence-electron chi connectivity index (χ2n) is 4.52. The van der Waals surface area contributed by atoms with Crippen LogP contribution in [0.1, 0.15) is 18.1 Å². The predicted molar refractivity (Wildman–Crippen MR) is 80.7 cm³/mol. The van der Waals surface area contributed by atoms with Crippen LogP contribution in [0.2, 0.25) is 0 Å². The molecule has 2 aromatic rings. The Morgan fingerprint density at radius 2 is 1.80 bits per heavy atom. The zero-order valence-corrected chi connectivity index (χ0v) is 11.3. The number of nitro benzene ring substituents is 1. The van der Waals surface area contributed by atoms with E-state index in [1.165, 1.54) is 11.6 Å². The minimum atomic E-state index is -0.460. The van der Waals surface area contributed by atoms with E-state index in [0.717, 1.165) is 12.0 Å². The number of para-hydroxylation sites is 1. The molecule has 2 rings (SSSR count). The maximum absolute atomic E-state index is 11.0. The molecule has 0 fully saturated rings. The monoisotopic (exact) mass is 271 g/mol. The summed E-state index contributed by atoms with van der Waals surface area (Å²) in [5, 5.41) is 14.1. The van der Waals surface area contributed by atoms with Gasteiger partial charge in [-0.3, -0.25) is 10.1 Å². The van der Waals surface area contributed by atoms with Crippen LogP contribution in [0.5, 0.6) is 0 Å². The van der Waals surface area contributed by atoms with Crippen molar-refractivity contribution in [2.75, 3.05) is 11.1 Å². The second-order valence-corrected chi connectivity index (χ2v) is 4.52. The Hall–Kier alpha value is -2.56. The van der Waals surface area contributed by atoms with Crippen molar-refractivity contribution in [3.8, 4) is 0 Å². The molecule has 0 bridgehead atoms. The van der Waals surface area contributed by atoms with Gasteiger partial charge in [0.1, 0.15) is 11.4 Å². The van der Waals surface area contributed by atoms with Crippen molar-refractivity contribution in [3.63, 3.8) is 0 Å². The maximum atomic E-state index is 11.0. The Balaban J connectivity index is 2.14. The first-order chi connectivity index (χ1) is 9.61. The molecule has 5 nitrogen and oxygen atoms in total. The Morgan fingerprint density at radius 3 is 2.40 bits per heavy atom. The highest BCUT2D eigenvalue weighted by Gasteiger charge is 2.17. The van der Waals surface area contributed by atoms with E-state index in [-0.39, 0.29) is 11.4 Å². The number of hydrogen-bond acceptors (Lipinski definition) is 4. The summed E-state index contributed by atoms with van der Waals surface area (Å²) in [6.07, 6.45) is 0.994. The quantitative estimate of drug-likeness (QED) is 0.496. The average Bonchev–Trinajstić information content (AvgIpc) is 2.45. The van der Waals surface area contributed by atoms with Crippen LogP contribution in [-0.2, 0) is 13.0 Å². The molecule has 104 valence electrons. The highest BCUT2D eigenvalue weighted by molar-refractivity contribution is 5.74. The predicted octanol–water partition coefficient (Wildman–Crippen LogP) is 3.35. The van der Waals surface area contributed by atoms with Gasteiger partial charge in [-0.1, -0.05) is 37.3 Å². The molecule has 0 unspecified atom stereocenters. The Morgan fingerprint density at radius 1 is 1.15 bits per heavy atom. The highest BCUT2D eigenvalue weighted by atomic mass is 16.6. The van der Waals surface area contributed by atoms with E-state index in [4.69, 9.17) is 5.73 Å². The van der Waals surface area contributed by atoms with Gasteiger partial charge in [0, 0.05) is 6.54 Å². The third-order valence-corrected chi connectivity index (χ3v) is 3.16. The number of nitro groups is 1. The van der Waals surface area contributed by atoms with Crippen LogP contribution in [0.4, 0.5) is 17.1 Å². The number of aryl methyl sites for hydroxylation is 1. The molecule has 3 N–H and O–H groups in total. The van der Waals surface area contributed by atoms with Crippen LogP contribution in [0, 0.1) is 10.1 Å². The maximum Gasteiger partial charge on any atom is 0.314 e. The number of nitrogens with two attached hydrogens (primary N) is 1. The molecule has 0 radical (unpaired) electrons. The van der Waals surface area contributed by atoms with Gasteiger partial charge in [-0.2, -0.15) is 0 Å². The van der Waals surface area contributed by atoms with Gasteiger partial charge in [-0.15, -0.1) is 0 Å². The van der Waals surface area contributed by atoms with Gasteiger partial charge >= 0.3 is 5.69 Å². The molecule has 0 heterocycles. The third-order valence-electron chi connectivity index (χ3n) is 3.16. The first-order valence-electron chi connectivity index (χ1n) is 6.46. The number of benzene rings is 2. The minimum Gasteiger partial charge on any atom is -0.393 e. The van der Waals surface area contributed by atoms with E-state index in [9.17, 15) is 10.1 Å². The molecule has 0 atom stereocenters. The van der Waals surface area contributed by atoms with Gasteiger partial charge in [0.25, 0.3) is 0 Å². The molecule has 5 heteroatoms. The standard InChI is InChI=1S/C15H17N3O2/c1-2-11-6-8-12(9-7-11)10-17-14-5-3-4-13(16)15(14)18(19)20/h3-9,17H,2,10,16H2,1H3. The lowest BCUT2D eigenvalue weighted by Gasteiger charge is -2.09. The number of hydrogen-bond donors (Lipinski definition) is 2. The average molecular weight is 271 g/mol. The zero-order chi connectivity index (χ0) is 14.5. The van der Waals surface area contributed by atoms with Crippen molar-refractivity contribution in [2.24, 2.45) is 0 Å². The normalized spacial score (nSPS) is 10.2. The lowest BCUT2D eigenvalue weighted by molar-refractivity contribution is -0.383. The van der Waals surface area contributed by atoms with Crippen LogP contribution >= 0.6 is 0 Å². The third kappa shape index (κ3) is 3.06. The number of rotatable bonds is 5. The van der Waals surface area contributed by atoms with Crippen molar-refractivity contribution >= 4 is 17.1 Å². The SMILES string of the molecule is CCc1ccc(CNc2cccc(N)c2[N+](=O)[O-])cc1. The van der Waals surface area contributed by atoms with Gasteiger partial charge in [0.2, 0.25) is 0 Å². The van der Waals surface area contributed by atoms with Gasteiger partial charge < -0.3 is 11.1 Å². The molecule has 20 heavy (non-hydrogen) atoms. The molecule has 0 amide bonds. The lowest BCUT2D eigenvalue weighted by atomic mass is 10.1. The first kappa shape index (κ1) is 13.9. The number of anilines is 2. The molecule has 0 saturated carbocycles. The topological polar surface area (TPSA) is 81.2 Å². The van der Waals surface area contributed by atoms with Crippen molar-refractivity contribution in [1.82, 2.24) is 0 Å².